The van der Waals surface area contributed by atoms with E-state index in [1.54, 1.807) is 7.11 Å². The summed E-state index contributed by atoms with van der Waals surface area (Å²) in [4.78, 5) is 13.7. The van der Waals surface area contributed by atoms with Crippen molar-refractivity contribution in [1.29, 1.82) is 0 Å². The molecule has 0 aromatic heterocycles. The van der Waals surface area contributed by atoms with Gasteiger partial charge in [0, 0.05) is 31.7 Å². The third-order valence-electron chi connectivity index (χ3n) is 4.55. The van der Waals surface area contributed by atoms with Gasteiger partial charge in [-0.05, 0) is 64.7 Å². The van der Waals surface area contributed by atoms with Crippen LogP contribution in [0.5, 0.6) is 11.5 Å². The lowest BCUT2D eigenvalue weighted by Crippen LogP contribution is -2.23. The van der Waals surface area contributed by atoms with Crippen LogP contribution in [-0.2, 0) is 17.9 Å². The normalized spacial score (nSPS) is 13.9. The summed E-state index contributed by atoms with van der Waals surface area (Å²) in [5.74, 6) is 1.68. The number of anilines is 1. The van der Waals surface area contributed by atoms with E-state index in [-0.39, 0.29) is 5.91 Å². The zero-order valence-electron chi connectivity index (χ0n) is 15.8. The van der Waals surface area contributed by atoms with Gasteiger partial charge in [-0.25, -0.2) is 0 Å². The maximum Gasteiger partial charge on any atom is 0.227 e. The fourth-order valence-electron chi connectivity index (χ4n) is 3.25. The van der Waals surface area contributed by atoms with Crippen LogP contribution in [0.15, 0.2) is 40.9 Å². The minimum atomic E-state index is 0.219. The second-order valence-corrected chi connectivity index (χ2v) is 7.32. The molecule has 0 bridgehead atoms. The van der Waals surface area contributed by atoms with Gasteiger partial charge in [-0.2, -0.15) is 0 Å². The van der Waals surface area contributed by atoms with Gasteiger partial charge in [-0.3, -0.25) is 4.79 Å². The number of methoxy groups -OCH3 is 1. The first kappa shape index (κ1) is 19.7. The molecule has 2 aromatic carbocycles. The van der Waals surface area contributed by atoms with Crippen LogP contribution in [-0.4, -0.2) is 26.2 Å². The number of nitrogens with one attached hydrogen (secondary N) is 1. The smallest absolute Gasteiger partial charge is 0.227 e. The number of amides is 1. The number of benzene rings is 2. The molecular weight excluding hydrogens is 408 g/mol. The molecule has 1 aliphatic rings. The van der Waals surface area contributed by atoms with Crippen LogP contribution in [0.3, 0.4) is 0 Å². The molecule has 1 amide bonds. The van der Waals surface area contributed by atoms with Gasteiger partial charge in [0.15, 0.2) is 11.5 Å². The van der Waals surface area contributed by atoms with E-state index in [1.165, 1.54) is 5.56 Å². The van der Waals surface area contributed by atoms with Gasteiger partial charge in [0.05, 0.1) is 18.2 Å². The molecule has 0 saturated carbocycles. The van der Waals surface area contributed by atoms with E-state index in [1.807, 2.05) is 36.1 Å². The summed E-state index contributed by atoms with van der Waals surface area (Å²) in [6.07, 6.45) is 1.60. The fraction of sp³-hybridized carbons (Fsp3) is 0.381. The molecule has 0 atom stereocenters. The quantitative estimate of drug-likeness (QED) is 0.676. The Morgan fingerprint density at radius 1 is 1.15 bits per heavy atom. The molecule has 27 heavy (non-hydrogen) atoms. The van der Waals surface area contributed by atoms with E-state index in [2.05, 4.69) is 33.4 Å². The Labute approximate surface area is 168 Å². The molecule has 3 rings (SSSR count). The van der Waals surface area contributed by atoms with Crippen LogP contribution in [0.25, 0.3) is 0 Å². The lowest BCUT2D eigenvalue weighted by atomic mass is 10.1. The summed E-state index contributed by atoms with van der Waals surface area (Å²) in [6.45, 7) is 4.84. The molecule has 1 N–H and O–H groups in total. The Morgan fingerprint density at radius 3 is 2.52 bits per heavy atom. The van der Waals surface area contributed by atoms with Crippen molar-refractivity contribution in [3.63, 3.8) is 0 Å². The van der Waals surface area contributed by atoms with Crippen LogP contribution < -0.4 is 19.7 Å². The minimum Gasteiger partial charge on any atom is -0.492 e. The van der Waals surface area contributed by atoms with Crippen LogP contribution in [0.2, 0.25) is 0 Å². The molecule has 1 aliphatic heterocycles. The first-order valence-corrected chi connectivity index (χ1v) is 10.0. The third kappa shape index (κ3) is 4.82. The Bertz CT molecular complexity index is 793. The van der Waals surface area contributed by atoms with Gasteiger partial charge in [0.25, 0.3) is 0 Å². The zero-order chi connectivity index (χ0) is 19.2. The van der Waals surface area contributed by atoms with E-state index in [0.29, 0.717) is 18.8 Å². The van der Waals surface area contributed by atoms with E-state index in [0.717, 1.165) is 47.5 Å². The minimum absolute atomic E-state index is 0.219. The molecule has 1 saturated heterocycles. The van der Waals surface area contributed by atoms with Gasteiger partial charge in [0.1, 0.15) is 0 Å². The van der Waals surface area contributed by atoms with Crippen molar-refractivity contribution < 1.29 is 14.3 Å². The average molecular weight is 433 g/mol. The highest BCUT2D eigenvalue weighted by atomic mass is 79.9. The Hall–Kier alpha value is -2.05. The van der Waals surface area contributed by atoms with E-state index < -0.39 is 0 Å². The highest BCUT2D eigenvalue weighted by Crippen LogP contribution is 2.36. The monoisotopic (exact) mass is 432 g/mol. The number of nitrogens with zero attached hydrogens (tertiary/aromatic N) is 1. The second-order valence-electron chi connectivity index (χ2n) is 6.46. The zero-order valence-corrected chi connectivity index (χ0v) is 17.3. The molecular formula is C21H25BrN2O3. The standard InChI is InChI=1S/C21H25BrN2O3/c1-3-27-19-12-16(11-18(22)21(19)26-2)14-23-13-15-6-8-17(9-7-15)24-10-4-5-20(24)25/h6-9,11-12,23H,3-5,10,13-14H2,1-2H3. The molecule has 0 aliphatic carbocycles. The van der Waals surface area contributed by atoms with Crippen LogP contribution in [0, 0.1) is 0 Å². The number of hydrogen-bond donors (Lipinski definition) is 1. The topological polar surface area (TPSA) is 50.8 Å². The first-order valence-electron chi connectivity index (χ1n) is 9.21. The molecule has 5 nitrogen and oxygen atoms in total. The van der Waals surface area contributed by atoms with Crippen LogP contribution >= 0.6 is 15.9 Å². The number of carbonyl (C=O) groups is 1. The predicted molar refractivity (Wildman–Crippen MR) is 110 cm³/mol. The van der Waals surface area contributed by atoms with Crippen molar-refractivity contribution in [2.75, 3.05) is 25.2 Å². The molecule has 1 fully saturated rings. The van der Waals surface area contributed by atoms with Crippen molar-refractivity contribution in [3.8, 4) is 11.5 Å². The molecule has 0 radical (unpaired) electrons. The lowest BCUT2D eigenvalue weighted by Gasteiger charge is -2.16. The van der Waals surface area contributed by atoms with E-state index in [9.17, 15) is 4.79 Å². The average Bonchev–Trinajstić information content (AvgIpc) is 3.08. The molecule has 6 heteroatoms. The van der Waals surface area contributed by atoms with Crippen molar-refractivity contribution >= 4 is 27.5 Å². The molecule has 0 spiro atoms. The van der Waals surface area contributed by atoms with Crippen LogP contribution in [0.1, 0.15) is 30.9 Å². The Kier molecular flexibility index (Phi) is 6.74. The van der Waals surface area contributed by atoms with Gasteiger partial charge >= 0.3 is 0 Å². The van der Waals surface area contributed by atoms with Crippen LogP contribution in [0.4, 0.5) is 5.69 Å². The summed E-state index contributed by atoms with van der Waals surface area (Å²) < 4.78 is 11.9. The molecule has 1 heterocycles. The Balaban J connectivity index is 1.59. The maximum atomic E-state index is 11.8. The summed E-state index contributed by atoms with van der Waals surface area (Å²) in [5.41, 5.74) is 3.29. The SMILES string of the molecule is CCOc1cc(CNCc2ccc(N3CCCC3=O)cc2)cc(Br)c1OC. The lowest BCUT2D eigenvalue weighted by molar-refractivity contribution is -0.117. The van der Waals surface area contributed by atoms with Gasteiger partial charge < -0.3 is 19.7 Å². The Morgan fingerprint density at radius 2 is 1.89 bits per heavy atom. The first-order chi connectivity index (χ1) is 13.1. The van der Waals surface area contributed by atoms with Gasteiger partial charge in [0.2, 0.25) is 5.91 Å². The third-order valence-corrected chi connectivity index (χ3v) is 5.14. The summed E-state index contributed by atoms with van der Waals surface area (Å²) in [6, 6.07) is 12.2. The molecule has 144 valence electrons. The van der Waals surface area contributed by atoms with Crippen molar-refractivity contribution in [2.24, 2.45) is 0 Å². The van der Waals surface area contributed by atoms with Crippen molar-refractivity contribution in [2.45, 2.75) is 32.9 Å². The summed E-state index contributed by atoms with van der Waals surface area (Å²) >= 11 is 3.55. The number of carbonyl (C=O) groups excluding carboxylic acids is 1. The number of rotatable bonds is 8. The van der Waals surface area contributed by atoms with Crippen molar-refractivity contribution in [3.05, 3.63) is 52.0 Å². The number of halogens is 1. The van der Waals surface area contributed by atoms with Gasteiger partial charge in [-0.1, -0.05) is 12.1 Å². The highest BCUT2D eigenvalue weighted by molar-refractivity contribution is 9.10. The second kappa shape index (κ2) is 9.24. The number of ether oxygens (including phenoxy) is 2. The molecule has 0 unspecified atom stereocenters. The summed E-state index contributed by atoms with van der Waals surface area (Å²) in [5, 5.41) is 3.45. The van der Waals surface area contributed by atoms with Crippen molar-refractivity contribution in [1.82, 2.24) is 5.32 Å². The maximum absolute atomic E-state index is 11.8. The summed E-state index contributed by atoms with van der Waals surface area (Å²) in [7, 11) is 1.64. The van der Waals surface area contributed by atoms with Gasteiger partial charge in [-0.15, -0.1) is 0 Å². The largest absolute Gasteiger partial charge is 0.492 e. The number of hydrogen-bond acceptors (Lipinski definition) is 4. The van der Waals surface area contributed by atoms with E-state index in [4.69, 9.17) is 9.47 Å². The van der Waals surface area contributed by atoms with E-state index >= 15 is 0 Å². The highest BCUT2D eigenvalue weighted by Gasteiger charge is 2.21. The fourth-order valence-corrected chi connectivity index (χ4v) is 3.90. The predicted octanol–water partition coefficient (Wildman–Crippen LogP) is 4.27. The molecule has 2 aromatic rings.